The Hall–Kier alpha value is -0.200. The third-order valence-corrected chi connectivity index (χ3v) is 4.11. The van der Waals surface area contributed by atoms with Crippen molar-refractivity contribution in [3.05, 3.63) is 0 Å². The summed E-state index contributed by atoms with van der Waals surface area (Å²) in [6, 6.07) is 0. The minimum Gasteiger partial charge on any atom is -0.312 e. The molecule has 6 heteroatoms. The van der Waals surface area contributed by atoms with Crippen molar-refractivity contribution in [3.63, 3.8) is 0 Å². The van der Waals surface area contributed by atoms with Gasteiger partial charge in [0.2, 0.25) is 5.00 Å². The molecule has 1 fully saturated rings. The maximum Gasteiger partial charge on any atom is 0.301 e. The molecule has 0 aromatic rings. The molecule has 0 aromatic carbocycles. The van der Waals surface area contributed by atoms with Gasteiger partial charge in [0.25, 0.3) is 0 Å². The van der Waals surface area contributed by atoms with Gasteiger partial charge in [0.15, 0.2) is 0 Å². The van der Waals surface area contributed by atoms with Gasteiger partial charge in [-0.3, -0.25) is 4.55 Å². The molecule has 1 saturated carbocycles. The quantitative estimate of drug-likeness (QED) is 0.710. The van der Waals surface area contributed by atoms with Crippen LogP contribution in [0.15, 0.2) is 0 Å². The van der Waals surface area contributed by atoms with Gasteiger partial charge in [-0.1, -0.05) is 12.8 Å². The molecule has 1 rings (SSSR count). The Labute approximate surface area is 90.0 Å². The van der Waals surface area contributed by atoms with Crippen LogP contribution in [-0.4, -0.2) is 31.1 Å². The monoisotopic (exact) mass is 239 g/mol. The summed E-state index contributed by atoms with van der Waals surface area (Å²) in [5.74, 6) is 0.516. The molecule has 0 unspecified atom stereocenters. The molecule has 1 aliphatic carbocycles. The van der Waals surface area contributed by atoms with Crippen LogP contribution in [0.1, 0.15) is 32.6 Å². The van der Waals surface area contributed by atoms with E-state index in [0.29, 0.717) is 12.5 Å². The first-order valence-corrected chi connectivity index (χ1v) is 6.63. The van der Waals surface area contributed by atoms with Crippen molar-refractivity contribution in [3.8, 4) is 0 Å². The van der Waals surface area contributed by atoms with Crippen LogP contribution in [-0.2, 0) is 10.1 Å². The van der Waals surface area contributed by atoms with Gasteiger partial charge in [-0.15, -0.1) is 0 Å². The first-order valence-electron chi connectivity index (χ1n) is 5.19. The lowest BCUT2D eigenvalue weighted by molar-refractivity contribution is 0.253. The van der Waals surface area contributed by atoms with Crippen LogP contribution in [0.5, 0.6) is 0 Å². The average Bonchev–Trinajstić information content (AvgIpc) is 2.54. The predicted octanol–water partition coefficient (Wildman–Crippen LogP) is 1.34. The lowest BCUT2D eigenvalue weighted by Gasteiger charge is -2.18. The average molecular weight is 239 g/mol. The Kier molecular flexibility index (Phi) is 4.08. The second kappa shape index (κ2) is 4.76. The zero-order valence-electron chi connectivity index (χ0n) is 8.87. The summed E-state index contributed by atoms with van der Waals surface area (Å²) >= 11 is 0. The molecule has 0 heterocycles. The molecule has 0 bridgehead atoms. The van der Waals surface area contributed by atoms with Gasteiger partial charge in [0, 0.05) is 6.54 Å². The Balaban J connectivity index is 2.30. The van der Waals surface area contributed by atoms with Gasteiger partial charge in [0.1, 0.15) is 0 Å². The topological polar surface area (TPSA) is 66.4 Å². The molecule has 0 amide bonds. The van der Waals surface area contributed by atoms with Crippen molar-refractivity contribution in [2.45, 2.75) is 37.6 Å². The van der Waals surface area contributed by atoms with E-state index in [1.54, 1.807) is 0 Å². The van der Waals surface area contributed by atoms with Crippen molar-refractivity contribution >= 4 is 10.1 Å². The molecular formula is C9H18FNO3S. The zero-order chi connectivity index (χ0) is 11.5. The van der Waals surface area contributed by atoms with Crippen LogP contribution >= 0.6 is 0 Å². The number of alkyl halides is 1. The molecule has 0 saturated heterocycles. The van der Waals surface area contributed by atoms with Crippen molar-refractivity contribution in [1.82, 2.24) is 5.32 Å². The SMILES string of the molecule is C[C@@](F)(CNCC1CCCC1)S(=O)(=O)O. The number of rotatable bonds is 5. The van der Waals surface area contributed by atoms with Crippen molar-refractivity contribution in [2.24, 2.45) is 5.92 Å². The number of halogens is 1. The van der Waals surface area contributed by atoms with Gasteiger partial charge in [-0.2, -0.15) is 8.42 Å². The summed E-state index contributed by atoms with van der Waals surface area (Å²) < 4.78 is 43.2. The molecule has 2 N–H and O–H groups in total. The fourth-order valence-corrected chi connectivity index (χ4v) is 2.09. The minimum atomic E-state index is -4.63. The second-order valence-corrected chi connectivity index (χ2v) is 6.16. The molecule has 0 aliphatic heterocycles. The molecule has 1 aliphatic rings. The van der Waals surface area contributed by atoms with Gasteiger partial charge in [-0.05, 0) is 32.2 Å². The predicted molar refractivity (Wildman–Crippen MR) is 55.9 cm³/mol. The highest BCUT2D eigenvalue weighted by Gasteiger charge is 2.37. The highest BCUT2D eigenvalue weighted by atomic mass is 32.2. The summed E-state index contributed by atoms with van der Waals surface area (Å²) in [4.78, 5) is 0. The van der Waals surface area contributed by atoms with Crippen LogP contribution in [0.3, 0.4) is 0 Å². The van der Waals surface area contributed by atoms with Crippen molar-refractivity contribution in [2.75, 3.05) is 13.1 Å². The maximum atomic E-state index is 13.4. The fourth-order valence-electron chi connectivity index (χ4n) is 1.81. The molecule has 15 heavy (non-hydrogen) atoms. The Morgan fingerprint density at radius 3 is 2.47 bits per heavy atom. The molecule has 0 spiro atoms. The lowest BCUT2D eigenvalue weighted by Crippen LogP contribution is -2.41. The fraction of sp³-hybridized carbons (Fsp3) is 1.00. The summed E-state index contributed by atoms with van der Waals surface area (Å²) in [6.07, 6.45) is 4.61. The smallest absolute Gasteiger partial charge is 0.301 e. The normalized spacial score (nSPS) is 22.9. The van der Waals surface area contributed by atoms with Crippen molar-refractivity contribution < 1.29 is 17.4 Å². The first-order chi connectivity index (χ1) is 6.83. The third-order valence-electron chi connectivity index (χ3n) is 2.89. The number of hydrogen-bond donors (Lipinski definition) is 2. The van der Waals surface area contributed by atoms with E-state index < -0.39 is 15.1 Å². The molecule has 1 atom stereocenters. The Morgan fingerprint density at radius 1 is 1.47 bits per heavy atom. The van der Waals surface area contributed by atoms with Crippen molar-refractivity contribution in [1.29, 1.82) is 0 Å². The number of nitrogens with one attached hydrogen (secondary N) is 1. The first kappa shape index (κ1) is 12.9. The van der Waals surface area contributed by atoms with Crippen LogP contribution < -0.4 is 5.32 Å². The van der Waals surface area contributed by atoms with Gasteiger partial charge in [0.05, 0.1) is 0 Å². The van der Waals surface area contributed by atoms with Crippen LogP contribution in [0, 0.1) is 5.92 Å². The van der Waals surface area contributed by atoms with E-state index >= 15 is 0 Å². The number of hydrogen-bond acceptors (Lipinski definition) is 3. The van der Waals surface area contributed by atoms with Gasteiger partial charge < -0.3 is 5.32 Å². The minimum absolute atomic E-state index is 0.359. The zero-order valence-corrected chi connectivity index (χ0v) is 9.69. The Morgan fingerprint density at radius 2 is 2.00 bits per heavy atom. The van der Waals surface area contributed by atoms with E-state index in [0.717, 1.165) is 19.8 Å². The van der Waals surface area contributed by atoms with E-state index in [-0.39, 0.29) is 6.54 Å². The van der Waals surface area contributed by atoms with Gasteiger partial charge in [-0.25, -0.2) is 4.39 Å². The Bertz CT molecular complexity index is 296. The van der Waals surface area contributed by atoms with Crippen LogP contribution in [0.2, 0.25) is 0 Å². The standard InChI is InChI=1S/C9H18FNO3S/c1-9(10,15(12,13)14)7-11-6-8-4-2-3-5-8/h8,11H,2-7H2,1H3,(H,12,13,14)/t9-/m0/s1. The summed E-state index contributed by atoms with van der Waals surface area (Å²) in [6.45, 7) is 1.13. The summed E-state index contributed by atoms with van der Waals surface area (Å²) in [5, 5.41) is 0.168. The molecular weight excluding hydrogens is 221 g/mol. The van der Waals surface area contributed by atoms with E-state index in [4.69, 9.17) is 4.55 Å². The van der Waals surface area contributed by atoms with E-state index in [2.05, 4.69) is 5.32 Å². The van der Waals surface area contributed by atoms with Crippen LogP contribution in [0.25, 0.3) is 0 Å². The molecule has 0 radical (unpaired) electrons. The van der Waals surface area contributed by atoms with E-state index in [9.17, 15) is 12.8 Å². The lowest BCUT2D eigenvalue weighted by atomic mass is 10.1. The van der Waals surface area contributed by atoms with Crippen LogP contribution in [0.4, 0.5) is 4.39 Å². The highest BCUT2D eigenvalue weighted by Crippen LogP contribution is 2.24. The van der Waals surface area contributed by atoms with E-state index in [1.807, 2.05) is 0 Å². The molecule has 0 aromatic heterocycles. The second-order valence-electron chi connectivity index (χ2n) is 4.36. The largest absolute Gasteiger partial charge is 0.312 e. The maximum absolute atomic E-state index is 13.4. The molecule has 4 nitrogen and oxygen atoms in total. The summed E-state index contributed by atoms with van der Waals surface area (Å²) in [5.41, 5.74) is 0. The van der Waals surface area contributed by atoms with Gasteiger partial charge >= 0.3 is 10.1 Å². The molecule has 90 valence electrons. The summed E-state index contributed by atoms with van der Waals surface area (Å²) in [7, 11) is -4.63. The highest BCUT2D eigenvalue weighted by molar-refractivity contribution is 7.87. The van der Waals surface area contributed by atoms with E-state index in [1.165, 1.54) is 12.8 Å². The third kappa shape index (κ3) is 3.70.